The smallest absolute Gasteiger partial charge is 0.406 e. The Morgan fingerprint density at radius 3 is 2.44 bits per heavy atom. The summed E-state index contributed by atoms with van der Waals surface area (Å²) in [6.07, 6.45) is -2.23. The summed E-state index contributed by atoms with van der Waals surface area (Å²) in [6, 6.07) is 13.7. The second kappa shape index (κ2) is 11.3. The van der Waals surface area contributed by atoms with Gasteiger partial charge < -0.3 is 4.74 Å². The van der Waals surface area contributed by atoms with E-state index in [1.807, 2.05) is 31.2 Å². The van der Waals surface area contributed by atoms with E-state index in [2.05, 4.69) is 9.04 Å². The maximum Gasteiger partial charge on any atom is 0.573 e. The van der Waals surface area contributed by atoms with E-state index in [-0.39, 0.29) is 5.75 Å². The number of carbonyl (C=O) groups is 1. The molecule has 1 amide bonds. The number of benzene rings is 2. The first kappa shape index (κ1) is 24.8. The van der Waals surface area contributed by atoms with Crippen LogP contribution in [0.25, 0.3) is 0 Å². The summed E-state index contributed by atoms with van der Waals surface area (Å²) in [5.74, 6) is -1.05. The number of nitrogens with one attached hydrogen (secondary N) is 1. The number of nitrogens with zero attached hydrogens (tertiary/aromatic N) is 1. The van der Waals surface area contributed by atoms with Gasteiger partial charge in [0, 0.05) is 28.1 Å². The highest BCUT2D eigenvalue weighted by Crippen LogP contribution is 2.37. The lowest BCUT2D eigenvalue weighted by atomic mass is 9.96. The molecule has 1 atom stereocenters. The minimum absolute atomic E-state index is 0.216. The molecular weight excluding hydrogens is 461 g/mol. The van der Waals surface area contributed by atoms with Crippen molar-refractivity contribution < 1.29 is 27.9 Å². The Morgan fingerprint density at radius 1 is 1.19 bits per heavy atom. The van der Waals surface area contributed by atoms with Crippen LogP contribution in [0.2, 0.25) is 0 Å². The molecule has 0 saturated carbocycles. The summed E-state index contributed by atoms with van der Waals surface area (Å²) in [4.78, 5) is 14.0. The Hall–Kier alpha value is -1.88. The van der Waals surface area contributed by atoms with Crippen LogP contribution >= 0.6 is 23.7 Å². The number of ether oxygens (including phenoxy) is 1. The van der Waals surface area contributed by atoms with Crippen molar-refractivity contribution in [2.75, 3.05) is 13.1 Å². The van der Waals surface area contributed by atoms with Crippen molar-refractivity contribution in [2.45, 2.75) is 53.5 Å². The predicted molar refractivity (Wildman–Crippen MR) is 119 cm³/mol. The van der Waals surface area contributed by atoms with Gasteiger partial charge in [0.05, 0.1) is 5.92 Å². The molecule has 32 heavy (non-hydrogen) atoms. The molecule has 0 bridgehead atoms. The first-order valence-corrected chi connectivity index (χ1v) is 11.9. The summed E-state index contributed by atoms with van der Waals surface area (Å²) in [6.45, 7) is 3.62. The first-order chi connectivity index (χ1) is 15.3. The molecule has 2 aromatic rings. The molecule has 2 aromatic carbocycles. The third-order valence-electron chi connectivity index (χ3n) is 5.12. The van der Waals surface area contributed by atoms with Gasteiger partial charge in [0.15, 0.2) is 0 Å². The van der Waals surface area contributed by atoms with Gasteiger partial charge in [0.25, 0.3) is 5.91 Å². The maximum atomic E-state index is 12.3. The normalized spacial score (nSPS) is 16.5. The molecular formula is C22H25F3N2O3S2. The van der Waals surface area contributed by atoms with E-state index in [0.717, 1.165) is 41.3 Å². The van der Waals surface area contributed by atoms with Gasteiger partial charge in [-0.25, -0.2) is 9.79 Å². The molecule has 10 heteroatoms. The Morgan fingerprint density at radius 2 is 1.84 bits per heavy atom. The quantitative estimate of drug-likeness (QED) is 0.277. The van der Waals surface area contributed by atoms with Crippen molar-refractivity contribution in [3.8, 4) is 5.75 Å². The minimum Gasteiger partial charge on any atom is -0.406 e. The van der Waals surface area contributed by atoms with Crippen molar-refractivity contribution in [1.29, 1.82) is 0 Å². The molecule has 174 valence electrons. The molecule has 2 N–H and O–H groups in total. The van der Waals surface area contributed by atoms with Gasteiger partial charge >= 0.3 is 6.36 Å². The zero-order valence-corrected chi connectivity index (χ0v) is 19.1. The van der Waals surface area contributed by atoms with Crippen molar-refractivity contribution in [2.24, 2.45) is 0 Å². The number of rotatable bonds is 8. The van der Waals surface area contributed by atoms with Gasteiger partial charge in [-0.1, -0.05) is 25.1 Å². The number of alkyl halides is 3. The van der Waals surface area contributed by atoms with Crippen LogP contribution < -0.4 is 10.2 Å². The highest BCUT2D eigenvalue weighted by molar-refractivity contribution is 8.00. The molecule has 0 radical (unpaired) electrons. The topological polar surface area (TPSA) is 61.8 Å². The van der Waals surface area contributed by atoms with Gasteiger partial charge in [-0.3, -0.25) is 10.0 Å². The largest absolute Gasteiger partial charge is 0.573 e. The summed E-state index contributed by atoms with van der Waals surface area (Å²) in [5.41, 5.74) is 2.65. The van der Waals surface area contributed by atoms with Gasteiger partial charge in [0.1, 0.15) is 5.75 Å². The molecule has 3 rings (SSSR count). The molecule has 1 unspecified atom stereocenters. The number of hydroxylamine groups is 1. The van der Waals surface area contributed by atoms with Crippen LogP contribution in [-0.2, 0) is 4.79 Å². The fraction of sp³-hybridized carbons (Fsp3) is 0.409. The Kier molecular flexibility index (Phi) is 8.75. The zero-order valence-electron chi connectivity index (χ0n) is 17.5. The van der Waals surface area contributed by atoms with Crippen LogP contribution in [0, 0.1) is 0 Å². The van der Waals surface area contributed by atoms with Crippen LogP contribution in [0.3, 0.4) is 0 Å². The molecule has 0 aliphatic carbocycles. The fourth-order valence-electron chi connectivity index (χ4n) is 3.57. The number of carbonyl (C=O) groups excluding carboxylic acids is 1. The lowest BCUT2D eigenvalue weighted by Crippen LogP contribution is -2.30. The summed E-state index contributed by atoms with van der Waals surface area (Å²) >= 11 is 3.28. The summed E-state index contributed by atoms with van der Waals surface area (Å²) < 4.78 is 43.0. The molecule has 0 aromatic heterocycles. The minimum atomic E-state index is -4.68. The monoisotopic (exact) mass is 486 g/mol. The van der Waals surface area contributed by atoms with E-state index in [1.54, 1.807) is 41.3 Å². The predicted octanol–water partition coefficient (Wildman–Crippen LogP) is 5.85. The SMILES string of the molecule is CCC(C(=O)NO)c1ccccc1SN1CCC(Sc2ccc(OC(F)(F)F)cc2)CC1. The van der Waals surface area contributed by atoms with E-state index in [1.165, 1.54) is 12.1 Å². The lowest BCUT2D eigenvalue weighted by molar-refractivity contribution is -0.274. The molecule has 1 saturated heterocycles. The zero-order chi connectivity index (χ0) is 23.1. The number of piperidine rings is 1. The second-order valence-electron chi connectivity index (χ2n) is 7.33. The molecule has 1 fully saturated rings. The Labute approximate surface area is 193 Å². The van der Waals surface area contributed by atoms with E-state index < -0.39 is 18.2 Å². The highest BCUT2D eigenvalue weighted by atomic mass is 32.2. The second-order valence-corrected chi connectivity index (χ2v) is 9.84. The molecule has 0 spiro atoms. The van der Waals surface area contributed by atoms with Gasteiger partial charge in [0.2, 0.25) is 0 Å². The Bertz CT molecular complexity index is 889. The van der Waals surface area contributed by atoms with Crippen LogP contribution in [0.15, 0.2) is 58.3 Å². The average Bonchev–Trinajstić information content (AvgIpc) is 2.77. The lowest BCUT2D eigenvalue weighted by Gasteiger charge is -2.31. The summed E-state index contributed by atoms with van der Waals surface area (Å²) in [7, 11) is 0. The standard InChI is InChI=1S/C22H25F3N2O3S2/c1-2-18(21(28)26-29)19-5-3-4-6-20(19)32-27-13-11-17(12-14-27)31-16-9-7-15(8-10-16)30-22(23,24)25/h3-10,17-18,29H,2,11-14H2,1H3,(H,26,28). The maximum absolute atomic E-state index is 12.3. The number of thioether (sulfide) groups is 1. The number of hydrogen-bond acceptors (Lipinski definition) is 6. The van der Waals surface area contributed by atoms with E-state index in [0.29, 0.717) is 11.7 Å². The van der Waals surface area contributed by atoms with Crippen LogP contribution in [0.4, 0.5) is 13.2 Å². The fourth-order valence-corrected chi connectivity index (χ4v) is 5.82. The molecule has 1 aliphatic heterocycles. The van der Waals surface area contributed by atoms with E-state index >= 15 is 0 Å². The van der Waals surface area contributed by atoms with Crippen molar-refractivity contribution >= 4 is 29.6 Å². The van der Waals surface area contributed by atoms with Crippen LogP contribution in [0.1, 0.15) is 37.7 Å². The Balaban J connectivity index is 1.54. The third kappa shape index (κ3) is 7.06. The third-order valence-corrected chi connectivity index (χ3v) is 7.66. The number of amides is 1. The molecule has 5 nitrogen and oxygen atoms in total. The van der Waals surface area contributed by atoms with Crippen molar-refractivity contribution in [3.05, 3.63) is 54.1 Å². The highest BCUT2D eigenvalue weighted by Gasteiger charge is 2.31. The summed E-state index contributed by atoms with van der Waals surface area (Å²) in [5, 5.41) is 9.42. The van der Waals surface area contributed by atoms with Crippen LogP contribution in [-0.4, -0.2) is 40.1 Å². The van der Waals surface area contributed by atoms with Crippen molar-refractivity contribution in [1.82, 2.24) is 9.79 Å². The van der Waals surface area contributed by atoms with E-state index in [4.69, 9.17) is 5.21 Å². The molecule has 1 heterocycles. The van der Waals surface area contributed by atoms with E-state index in [9.17, 15) is 18.0 Å². The number of halogens is 3. The molecule has 1 aliphatic rings. The van der Waals surface area contributed by atoms with Gasteiger partial charge in [-0.15, -0.1) is 24.9 Å². The first-order valence-electron chi connectivity index (χ1n) is 10.3. The van der Waals surface area contributed by atoms with Crippen LogP contribution in [0.5, 0.6) is 5.75 Å². The number of hydrogen-bond donors (Lipinski definition) is 2. The average molecular weight is 487 g/mol. The van der Waals surface area contributed by atoms with Gasteiger partial charge in [-0.05, 0) is 67.1 Å². The van der Waals surface area contributed by atoms with Gasteiger partial charge in [-0.2, -0.15) is 0 Å². The van der Waals surface area contributed by atoms with Crippen molar-refractivity contribution in [3.63, 3.8) is 0 Å².